The first-order valence-corrected chi connectivity index (χ1v) is 5.77. The number of hydrogen-bond acceptors (Lipinski definition) is 5. The molecule has 1 unspecified atom stereocenters. The number of aromatic nitrogens is 2. The number of esters is 1. The van der Waals surface area contributed by atoms with Gasteiger partial charge in [0.2, 0.25) is 5.82 Å². The lowest BCUT2D eigenvalue weighted by molar-refractivity contribution is 0.0586. The van der Waals surface area contributed by atoms with E-state index in [1.54, 1.807) is 13.0 Å². The maximum atomic E-state index is 11.4. The molecule has 0 aliphatic carbocycles. The van der Waals surface area contributed by atoms with E-state index in [-0.39, 0.29) is 11.9 Å². The molecule has 1 rings (SSSR count). The van der Waals surface area contributed by atoms with E-state index in [9.17, 15) is 4.79 Å². The smallest absolute Gasteiger partial charge is 0.376 e. The van der Waals surface area contributed by atoms with Crippen molar-refractivity contribution in [2.24, 2.45) is 0 Å². The lowest BCUT2D eigenvalue weighted by Gasteiger charge is -2.13. The van der Waals surface area contributed by atoms with Gasteiger partial charge in [-0.3, -0.25) is 0 Å². The summed E-state index contributed by atoms with van der Waals surface area (Å²) in [5.74, 6) is 2.66. The second kappa shape index (κ2) is 6.60. The van der Waals surface area contributed by atoms with E-state index < -0.39 is 5.97 Å². The minimum atomic E-state index is -0.561. The Morgan fingerprint density at radius 1 is 1.61 bits per heavy atom. The van der Waals surface area contributed by atoms with Crippen molar-refractivity contribution in [2.75, 3.05) is 12.4 Å². The number of ether oxygens (including phenoxy) is 1. The average Bonchev–Trinajstić information content (AvgIpc) is 2.36. The molecule has 0 aliphatic heterocycles. The molecule has 1 aromatic rings. The zero-order valence-electron chi connectivity index (χ0n) is 10.9. The highest BCUT2D eigenvalue weighted by atomic mass is 16.5. The van der Waals surface area contributed by atoms with Crippen molar-refractivity contribution in [1.82, 2.24) is 9.97 Å². The minimum Gasteiger partial charge on any atom is -0.463 e. The summed E-state index contributed by atoms with van der Waals surface area (Å²) >= 11 is 0. The van der Waals surface area contributed by atoms with Gasteiger partial charge in [-0.15, -0.1) is 6.42 Å². The number of carbonyl (C=O) groups excluding carboxylic acids is 1. The normalized spacial score (nSPS) is 11.4. The van der Waals surface area contributed by atoms with E-state index in [1.165, 1.54) is 7.11 Å². The molecule has 1 N–H and O–H groups in total. The number of nitrogens with zero attached hydrogens (tertiary/aromatic N) is 2. The van der Waals surface area contributed by atoms with Gasteiger partial charge in [0, 0.05) is 11.8 Å². The van der Waals surface area contributed by atoms with Crippen LogP contribution in [0.2, 0.25) is 0 Å². The largest absolute Gasteiger partial charge is 0.463 e. The number of methoxy groups -OCH3 is 1. The zero-order valence-corrected chi connectivity index (χ0v) is 10.9. The Balaban J connectivity index is 2.92. The first-order valence-electron chi connectivity index (χ1n) is 5.77. The van der Waals surface area contributed by atoms with Crippen LogP contribution in [0.15, 0.2) is 6.07 Å². The number of carbonyl (C=O) groups is 1. The van der Waals surface area contributed by atoms with Gasteiger partial charge in [-0.25, -0.2) is 14.8 Å². The molecule has 1 aromatic heterocycles. The summed E-state index contributed by atoms with van der Waals surface area (Å²) in [6.45, 7) is 3.83. The molecule has 0 fully saturated rings. The first kappa shape index (κ1) is 14.0. The van der Waals surface area contributed by atoms with Gasteiger partial charge in [0.1, 0.15) is 5.82 Å². The summed E-state index contributed by atoms with van der Waals surface area (Å²) in [6.07, 6.45) is 7.23. The number of anilines is 1. The quantitative estimate of drug-likeness (QED) is 0.634. The van der Waals surface area contributed by atoms with Crippen molar-refractivity contribution in [1.29, 1.82) is 0 Å². The molecule has 0 radical (unpaired) electrons. The van der Waals surface area contributed by atoms with Crippen molar-refractivity contribution in [3.8, 4) is 12.3 Å². The second-order valence-corrected chi connectivity index (χ2v) is 3.86. The Bertz CT molecular complexity index is 466. The van der Waals surface area contributed by atoms with Gasteiger partial charge >= 0.3 is 5.97 Å². The fraction of sp³-hybridized carbons (Fsp3) is 0.462. The Hall–Kier alpha value is -2.09. The van der Waals surface area contributed by atoms with Gasteiger partial charge in [-0.2, -0.15) is 0 Å². The molecule has 18 heavy (non-hydrogen) atoms. The second-order valence-electron chi connectivity index (χ2n) is 3.86. The van der Waals surface area contributed by atoms with Crippen LogP contribution in [0.4, 0.5) is 5.82 Å². The molecule has 1 heterocycles. The van der Waals surface area contributed by atoms with Crippen molar-refractivity contribution in [3.63, 3.8) is 0 Å². The number of nitrogens with one attached hydrogen (secondary N) is 1. The summed E-state index contributed by atoms with van der Waals surface area (Å²) < 4.78 is 4.59. The van der Waals surface area contributed by atoms with Crippen LogP contribution in [0.5, 0.6) is 0 Å². The van der Waals surface area contributed by atoms with Crippen molar-refractivity contribution < 1.29 is 9.53 Å². The van der Waals surface area contributed by atoms with Crippen molar-refractivity contribution in [3.05, 3.63) is 17.6 Å². The van der Waals surface area contributed by atoms with E-state index >= 15 is 0 Å². The number of terminal acetylenes is 1. The molecule has 0 bridgehead atoms. The van der Waals surface area contributed by atoms with Crippen LogP contribution >= 0.6 is 0 Å². The van der Waals surface area contributed by atoms with Gasteiger partial charge in [-0.1, -0.05) is 19.3 Å². The molecule has 1 atom stereocenters. The zero-order chi connectivity index (χ0) is 13.5. The molecular weight excluding hydrogens is 230 g/mol. The van der Waals surface area contributed by atoms with Crippen LogP contribution in [0.25, 0.3) is 0 Å². The van der Waals surface area contributed by atoms with Gasteiger partial charge in [0.15, 0.2) is 0 Å². The standard InChI is InChI=1S/C13H17N3O2/c1-5-7-10(6-2)15-11-8-9(3)14-12(16-11)13(17)18-4/h2,8,10H,5,7H2,1,3-4H3,(H,14,15,16). The summed E-state index contributed by atoms with van der Waals surface area (Å²) in [6, 6.07) is 1.64. The molecule has 0 aliphatic rings. The molecule has 5 heteroatoms. The maximum Gasteiger partial charge on any atom is 0.376 e. The monoisotopic (exact) mass is 247 g/mol. The van der Waals surface area contributed by atoms with Crippen LogP contribution < -0.4 is 5.32 Å². The third-order valence-electron chi connectivity index (χ3n) is 2.32. The highest BCUT2D eigenvalue weighted by Crippen LogP contribution is 2.10. The predicted octanol–water partition coefficient (Wildman–Crippen LogP) is 1.79. The third kappa shape index (κ3) is 3.74. The van der Waals surface area contributed by atoms with E-state index in [1.807, 2.05) is 0 Å². The summed E-state index contributed by atoms with van der Waals surface area (Å²) in [5, 5.41) is 3.09. The lowest BCUT2D eigenvalue weighted by Crippen LogP contribution is -2.19. The van der Waals surface area contributed by atoms with Crippen LogP contribution in [0, 0.1) is 19.3 Å². The molecule has 0 saturated heterocycles. The lowest BCUT2D eigenvalue weighted by atomic mass is 10.2. The van der Waals surface area contributed by atoms with E-state index in [4.69, 9.17) is 6.42 Å². The average molecular weight is 247 g/mol. The van der Waals surface area contributed by atoms with Gasteiger partial charge in [0.25, 0.3) is 0 Å². The fourth-order valence-corrected chi connectivity index (χ4v) is 1.49. The minimum absolute atomic E-state index is 0.0345. The number of hydrogen-bond donors (Lipinski definition) is 1. The van der Waals surface area contributed by atoms with Gasteiger partial charge in [-0.05, 0) is 13.3 Å². The van der Waals surface area contributed by atoms with Crippen LogP contribution in [0.1, 0.15) is 36.1 Å². The molecule has 5 nitrogen and oxygen atoms in total. The fourth-order valence-electron chi connectivity index (χ4n) is 1.49. The highest BCUT2D eigenvalue weighted by molar-refractivity contribution is 5.85. The topological polar surface area (TPSA) is 64.1 Å². The van der Waals surface area contributed by atoms with Crippen LogP contribution in [-0.2, 0) is 4.74 Å². The molecule has 0 saturated carbocycles. The Morgan fingerprint density at radius 3 is 2.89 bits per heavy atom. The third-order valence-corrected chi connectivity index (χ3v) is 2.32. The van der Waals surface area contributed by atoms with E-state index in [0.29, 0.717) is 11.5 Å². The Labute approximate surface area is 107 Å². The first-order chi connectivity index (χ1) is 8.60. The summed E-state index contributed by atoms with van der Waals surface area (Å²) in [5.41, 5.74) is 0.681. The predicted molar refractivity (Wildman–Crippen MR) is 69.3 cm³/mol. The molecular formula is C13H17N3O2. The van der Waals surface area contributed by atoms with Crippen LogP contribution in [0.3, 0.4) is 0 Å². The molecule has 96 valence electrons. The SMILES string of the molecule is C#CC(CCC)Nc1cc(C)nc(C(=O)OC)n1. The Morgan fingerprint density at radius 2 is 2.33 bits per heavy atom. The Kier molecular flexibility index (Phi) is 5.12. The van der Waals surface area contributed by atoms with Gasteiger partial charge < -0.3 is 10.1 Å². The van der Waals surface area contributed by atoms with E-state index in [2.05, 4.69) is 32.9 Å². The van der Waals surface area contributed by atoms with Gasteiger partial charge in [0.05, 0.1) is 13.2 Å². The number of rotatable bonds is 5. The molecule has 0 spiro atoms. The summed E-state index contributed by atoms with van der Waals surface area (Å²) in [7, 11) is 1.29. The molecule has 0 aromatic carbocycles. The van der Waals surface area contributed by atoms with E-state index in [0.717, 1.165) is 12.8 Å². The van der Waals surface area contributed by atoms with Crippen molar-refractivity contribution in [2.45, 2.75) is 32.7 Å². The van der Waals surface area contributed by atoms with Crippen molar-refractivity contribution >= 4 is 11.8 Å². The van der Waals surface area contributed by atoms with Crippen LogP contribution in [-0.4, -0.2) is 29.1 Å². The maximum absolute atomic E-state index is 11.4. The molecule has 0 amide bonds. The number of aryl methyl sites for hydroxylation is 1. The summed E-state index contributed by atoms with van der Waals surface area (Å²) in [4.78, 5) is 19.5. The highest BCUT2D eigenvalue weighted by Gasteiger charge is 2.12.